The van der Waals surface area contributed by atoms with Crippen molar-refractivity contribution in [2.45, 2.75) is 19.1 Å². The first-order valence-electron chi connectivity index (χ1n) is 10.2. The van der Waals surface area contributed by atoms with Crippen LogP contribution >= 0.6 is 0 Å². The number of carboxylic acids is 1. The minimum absolute atomic E-state index is 0.122. The number of para-hydroxylation sites is 1. The van der Waals surface area contributed by atoms with Gasteiger partial charge in [-0.15, -0.1) is 0 Å². The SMILES string of the molecule is O=C(N[C@H](Cc1cccc(OCc2ccccc2)c1)C(=O)O)c1ccc2ccccc2n1. The number of fused-ring (bicyclic) bond motifs is 1. The molecule has 1 amide bonds. The van der Waals surface area contributed by atoms with Crippen molar-refractivity contribution in [3.8, 4) is 5.75 Å². The molecule has 160 valence electrons. The van der Waals surface area contributed by atoms with Crippen molar-refractivity contribution < 1.29 is 19.4 Å². The molecule has 1 aromatic heterocycles. The van der Waals surface area contributed by atoms with Crippen molar-refractivity contribution in [3.05, 3.63) is 108 Å². The first-order valence-corrected chi connectivity index (χ1v) is 10.2. The molecule has 0 fully saturated rings. The number of ether oxygens (including phenoxy) is 1. The average Bonchev–Trinajstić information content (AvgIpc) is 2.83. The van der Waals surface area contributed by atoms with E-state index in [1.807, 2.05) is 66.7 Å². The van der Waals surface area contributed by atoms with Crippen molar-refractivity contribution in [1.82, 2.24) is 10.3 Å². The van der Waals surface area contributed by atoms with Crippen LogP contribution in [0.3, 0.4) is 0 Å². The molecule has 0 saturated carbocycles. The van der Waals surface area contributed by atoms with Crippen molar-refractivity contribution in [1.29, 1.82) is 0 Å². The fourth-order valence-corrected chi connectivity index (χ4v) is 3.36. The van der Waals surface area contributed by atoms with Crippen LogP contribution in [0.25, 0.3) is 10.9 Å². The Hall–Kier alpha value is -4.19. The van der Waals surface area contributed by atoms with Crippen LogP contribution in [-0.4, -0.2) is 28.0 Å². The number of benzene rings is 3. The van der Waals surface area contributed by atoms with Crippen LogP contribution in [0.15, 0.2) is 91.0 Å². The number of rotatable bonds is 8. The summed E-state index contributed by atoms with van der Waals surface area (Å²) < 4.78 is 5.82. The molecule has 0 spiro atoms. The number of amides is 1. The predicted molar refractivity (Wildman–Crippen MR) is 122 cm³/mol. The van der Waals surface area contributed by atoms with Gasteiger partial charge >= 0.3 is 5.97 Å². The lowest BCUT2D eigenvalue weighted by atomic mass is 10.1. The lowest BCUT2D eigenvalue weighted by Gasteiger charge is -2.15. The molecule has 1 heterocycles. The van der Waals surface area contributed by atoms with Crippen LogP contribution in [-0.2, 0) is 17.8 Å². The van der Waals surface area contributed by atoms with E-state index in [9.17, 15) is 14.7 Å². The van der Waals surface area contributed by atoms with Gasteiger partial charge in [0.05, 0.1) is 5.52 Å². The van der Waals surface area contributed by atoms with Gasteiger partial charge in [0.2, 0.25) is 0 Å². The smallest absolute Gasteiger partial charge is 0.326 e. The second kappa shape index (κ2) is 9.75. The monoisotopic (exact) mass is 426 g/mol. The largest absolute Gasteiger partial charge is 0.489 e. The first-order chi connectivity index (χ1) is 15.6. The van der Waals surface area contributed by atoms with Gasteiger partial charge in [0.25, 0.3) is 5.91 Å². The number of nitrogens with zero attached hydrogens (tertiary/aromatic N) is 1. The Labute approximate surface area is 185 Å². The minimum Gasteiger partial charge on any atom is -0.489 e. The molecule has 6 nitrogen and oxygen atoms in total. The molecule has 4 rings (SSSR count). The zero-order valence-corrected chi connectivity index (χ0v) is 17.3. The van der Waals surface area contributed by atoms with Crippen molar-refractivity contribution >= 4 is 22.8 Å². The summed E-state index contributed by atoms with van der Waals surface area (Å²) in [6.07, 6.45) is 0.122. The molecule has 1 atom stereocenters. The normalized spacial score (nSPS) is 11.6. The second-order valence-electron chi connectivity index (χ2n) is 7.38. The Morgan fingerprint density at radius 2 is 1.62 bits per heavy atom. The fourth-order valence-electron chi connectivity index (χ4n) is 3.36. The van der Waals surface area contributed by atoms with Gasteiger partial charge in [0, 0.05) is 11.8 Å². The number of hydrogen-bond acceptors (Lipinski definition) is 4. The zero-order valence-electron chi connectivity index (χ0n) is 17.3. The second-order valence-corrected chi connectivity index (χ2v) is 7.38. The van der Waals surface area contributed by atoms with Crippen LogP contribution in [0.4, 0.5) is 0 Å². The summed E-state index contributed by atoms with van der Waals surface area (Å²) in [6.45, 7) is 0.414. The molecule has 0 saturated heterocycles. The Morgan fingerprint density at radius 3 is 2.44 bits per heavy atom. The summed E-state index contributed by atoms with van der Waals surface area (Å²) in [5, 5.41) is 13.1. The Kier molecular flexibility index (Phi) is 6.41. The number of carbonyl (C=O) groups is 2. The number of nitrogens with one attached hydrogen (secondary N) is 1. The van der Waals surface area contributed by atoms with E-state index in [2.05, 4.69) is 10.3 Å². The first kappa shape index (κ1) is 21.1. The minimum atomic E-state index is -1.12. The van der Waals surface area contributed by atoms with Crippen LogP contribution in [0, 0.1) is 0 Å². The lowest BCUT2D eigenvalue weighted by molar-refractivity contribution is -0.139. The number of carboxylic acid groups (broad SMARTS) is 1. The van der Waals surface area contributed by atoms with E-state index in [1.165, 1.54) is 0 Å². The summed E-state index contributed by atoms with van der Waals surface area (Å²) in [6, 6.07) is 26.7. The standard InChI is InChI=1S/C26H22N2O4/c29-25(23-14-13-20-10-4-5-12-22(20)27-23)28-24(26(30)31)16-19-9-6-11-21(15-19)32-17-18-7-2-1-3-8-18/h1-15,24H,16-17H2,(H,28,29)(H,30,31)/t24-/m1/s1. The zero-order chi connectivity index (χ0) is 22.3. The van der Waals surface area contributed by atoms with Gasteiger partial charge in [0.1, 0.15) is 24.1 Å². The third kappa shape index (κ3) is 5.29. The third-order valence-electron chi connectivity index (χ3n) is 5.02. The highest BCUT2D eigenvalue weighted by atomic mass is 16.5. The molecule has 6 heteroatoms. The van der Waals surface area contributed by atoms with Gasteiger partial charge in [-0.2, -0.15) is 0 Å². The summed E-state index contributed by atoms with van der Waals surface area (Å²) in [5.74, 6) is -1.01. The number of pyridine rings is 1. The highest BCUT2D eigenvalue weighted by Crippen LogP contribution is 2.17. The average molecular weight is 426 g/mol. The lowest BCUT2D eigenvalue weighted by Crippen LogP contribution is -2.42. The van der Waals surface area contributed by atoms with E-state index in [4.69, 9.17) is 4.74 Å². The number of hydrogen-bond donors (Lipinski definition) is 2. The Bertz CT molecular complexity index is 1240. The predicted octanol–water partition coefficient (Wildman–Crippen LogP) is 4.24. The van der Waals surface area contributed by atoms with Gasteiger partial charge in [-0.1, -0.05) is 66.7 Å². The molecule has 2 N–H and O–H groups in total. The number of carbonyl (C=O) groups excluding carboxylic acids is 1. The van der Waals surface area contributed by atoms with Gasteiger partial charge in [-0.25, -0.2) is 9.78 Å². The maximum atomic E-state index is 12.7. The molecular formula is C26H22N2O4. The van der Waals surface area contributed by atoms with Crippen molar-refractivity contribution in [2.24, 2.45) is 0 Å². The topological polar surface area (TPSA) is 88.5 Å². The third-order valence-corrected chi connectivity index (χ3v) is 5.02. The van der Waals surface area contributed by atoms with Crippen LogP contribution in [0.1, 0.15) is 21.6 Å². The van der Waals surface area contributed by atoms with Gasteiger partial charge in [0.15, 0.2) is 0 Å². The molecule has 0 radical (unpaired) electrons. The molecular weight excluding hydrogens is 404 g/mol. The summed E-state index contributed by atoms with van der Waals surface area (Å²) in [5.41, 5.74) is 2.64. The number of aliphatic carboxylic acids is 1. The van der Waals surface area contributed by atoms with Crippen LogP contribution < -0.4 is 10.1 Å². The highest BCUT2D eigenvalue weighted by Gasteiger charge is 2.22. The summed E-state index contributed by atoms with van der Waals surface area (Å²) in [4.78, 5) is 28.8. The highest BCUT2D eigenvalue weighted by molar-refractivity contribution is 5.97. The maximum Gasteiger partial charge on any atom is 0.326 e. The quantitative estimate of drug-likeness (QED) is 0.440. The molecule has 0 unspecified atom stereocenters. The molecule has 4 aromatic rings. The summed E-state index contributed by atoms with van der Waals surface area (Å²) in [7, 11) is 0. The Balaban J connectivity index is 1.43. The van der Waals surface area contributed by atoms with E-state index < -0.39 is 17.9 Å². The van der Waals surface area contributed by atoms with E-state index in [0.29, 0.717) is 17.9 Å². The summed E-state index contributed by atoms with van der Waals surface area (Å²) >= 11 is 0. The molecule has 0 aliphatic rings. The molecule has 32 heavy (non-hydrogen) atoms. The molecule has 0 aliphatic heterocycles. The van der Waals surface area contributed by atoms with E-state index in [-0.39, 0.29) is 12.1 Å². The van der Waals surface area contributed by atoms with Crippen LogP contribution in [0.2, 0.25) is 0 Å². The van der Waals surface area contributed by atoms with E-state index in [1.54, 1.807) is 24.3 Å². The molecule has 3 aromatic carbocycles. The van der Waals surface area contributed by atoms with Gasteiger partial charge in [-0.3, -0.25) is 4.79 Å². The van der Waals surface area contributed by atoms with Crippen molar-refractivity contribution in [3.63, 3.8) is 0 Å². The van der Waals surface area contributed by atoms with Crippen LogP contribution in [0.5, 0.6) is 5.75 Å². The van der Waals surface area contributed by atoms with Gasteiger partial charge < -0.3 is 15.2 Å². The Morgan fingerprint density at radius 1 is 0.875 bits per heavy atom. The molecule has 0 aliphatic carbocycles. The van der Waals surface area contributed by atoms with E-state index >= 15 is 0 Å². The maximum absolute atomic E-state index is 12.7. The van der Waals surface area contributed by atoms with Crippen molar-refractivity contribution in [2.75, 3.05) is 0 Å². The fraction of sp³-hybridized carbons (Fsp3) is 0.115. The number of aromatic nitrogens is 1. The van der Waals surface area contributed by atoms with E-state index in [0.717, 1.165) is 16.5 Å². The molecule has 0 bridgehead atoms. The van der Waals surface area contributed by atoms with Gasteiger partial charge in [-0.05, 0) is 35.4 Å².